The summed E-state index contributed by atoms with van der Waals surface area (Å²) in [6.07, 6.45) is -4.70. The molecular formula is C16H13ClF3NO4. The first kappa shape index (κ1) is 18.9. The monoisotopic (exact) mass is 375 g/mol. The van der Waals surface area contributed by atoms with Crippen molar-refractivity contribution in [3.8, 4) is 0 Å². The second-order valence-corrected chi connectivity index (χ2v) is 5.58. The summed E-state index contributed by atoms with van der Waals surface area (Å²) >= 11 is 5.56. The fourth-order valence-corrected chi connectivity index (χ4v) is 2.26. The zero-order chi connectivity index (χ0) is 18.8. The maximum absolute atomic E-state index is 13.0. The molecule has 0 aliphatic heterocycles. The highest BCUT2D eigenvalue weighted by molar-refractivity contribution is 6.30. The SMILES string of the molecule is Cc1cc(C(=O)OCC(=O)Nc2ccc(Cl)cc2C(F)(F)F)c(C)o1. The molecule has 1 heterocycles. The van der Waals surface area contributed by atoms with E-state index in [1.807, 2.05) is 0 Å². The van der Waals surface area contributed by atoms with Gasteiger partial charge in [0.1, 0.15) is 17.1 Å². The smallest absolute Gasteiger partial charge is 0.418 e. The Hall–Kier alpha value is -2.48. The summed E-state index contributed by atoms with van der Waals surface area (Å²) in [5.74, 6) is -0.916. The number of carbonyl (C=O) groups excluding carboxylic acids is 2. The molecule has 5 nitrogen and oxygen atoms in total. The van der Waals surface area contributed by atoms with Crippen LogP contribution in [0, 0.1) is 13.8 Å². The Balaban J connectivity index is 2.04. The lowest BCUT2D eigenvalue weighted by Crippen LogP contribution is -2.22. The van der Waals surface area contributed by atoms with E-state index >= 15 is 0 Å². The molecule has 0 aliphatic rings. The van der Waals surface area contributed by atoms with Crippen molar-refractivity contribution in [2.24, 2.45) is 0 Å². The van der Waals surface area contributed by atoms with Crippen molar-refractivity contribution >= 4 is 29.2 Å². The van der Waals surface area contributed by atoms with Gasteiger partial charge in [-0.3, -0.25) is 4.79 Å². The van der Waals surface area contributed by atoms with Gasteiger partial charge in [-0.25, -0.2) is 4.79 Å². The molecule has 0 spiro atoms. The lowest BCUT2D eigenvalue weighted by Gasteiger charge is -2.14. The van der Waals surface area contributed by atoms with E-state index in [2.05, 4.69) is 5.32 Å². The molecule has 0 fully saturated rings. The van der Waals surface area contributed by atoms with Gasteiger partial charge in [0, 0.05) is 5.02 Å². The van der Waals surface area contributed by atoms with Crippen LogP contribution in [-0.2, 0) is 15.7 Å². The highest BCUT2D eigenvalue weighted by Crippen LogP contribution is 2.36. The van der Waals surface area contributed by atoms with Crippen LogP contribution in [0.15, 0.2) is 28.7 Å². The second kappa shape index (κ2) is 7.18. The summed E-state index contributed by atoms with van der Waals surface area (Å²) in [4.78, 5) is 23.6. The molecule has 0 saturated carbocycles. The predicted octanol–water partition coefficient (Wildman–Crippen LogP) is 4.36. The third kappa shape index (κ3) is 4.76. The number of hydrogen-bond acceptors (Lipinski definition) is 4. The van der Waals surface area contributed by atoms with Crippen LogP contribution < -0.4 is 5.32 Å². The van der Waals surface area contributed by atoms with Gasteiger partial charge in [0.25, 0.3) is 5.91 Å². The van der Waals surface area contributed by atoms with Crippen molar-refractivity contribution in [2.75, 3.05) is 11.9 Å². The van der Waals surface area contributed by atoms with E-state index in [-0.39, 0.29) is 10.6 Å². The zero-order valence-electron chi connectivity index (χ0n) is 13.2. The molecule has 0 saturated heterocycles. The lowest BCUT2D eigenvalue weighted by molar-refractivity contribution is -0.137. The molecular weight excluding hydrogens is 363 g/mol. The third-order valence-electron chi connectivity index (χ3n) is 3.16. The number of halogens is 4. The highest BCUT2D eigenvalue weighted by Gasteiger charge is 2.34. The average Bonchev–Trinajstić information content (AvgIpc) is 2.84. The van der Waals surface area contributed by atoms with Crippen LogP contribution in [0.5, 0.6) is 0 Å². The molecule has 1 aromatic heterocycles. The molecule has 2 rings (SSSR count). The fraction of sp³-hybridized carbons (Fsp3) is 0.250. The number of amides is 1. The molecule has 0 unspecified atom stereocenters. The maximum Gasteiger partial charge on any atom is 0.418 e. The molecule has 1 amide bonds. The summed E-state index contributed by atoms with van der Waals surface area (Å²) < 4.78 is 48.8. The topological polar surface area (TPSA) is 68.5 Å². The largest absolute Gasteiger partial charge is 0.466 e. The van der Waals surface area contributed by atoms with Crippen LogP contribution in [-0.4, -0.2) is 18.5 Å². The van der Waals surface area contributed by atoms with E-state index in [0.717, 1.165) is 6.07 Å². The summed E-state index contributed by atoms with van der Waals surface area (Å²) in [5.41, 5.74) is -1.43. The minimum absolute atomic E-state index is 0.123. The van der Waals surface area contributed by atoms with Gasteiger partial charge in [0.2, 0.25) is 0 Å². The summed E-state index contributed by atoms with van der Waals surface area (Å²) in [5, 5.41) is 1.93. The molecule has 0 bridgehead atoms. The predicted molar refractivity (Wildman–Crippen MR) is 83.5 cm³/mol. The first-order chi connectivity index (χ1) is 11.6. The average molecular weight is 376 g/mol. The Morgan fingerprint density at radius 1 is 1.24 bits per heavy atom. The number of esters is 1. The van der Waals surface area contributed by atoms with Crippen molar-refractivity contribution in [3.05, 3.63) is 51.9 Å². The molecule has 0 aliphatic carbocycles. The van der Waals surface area contributed by atoms with E-state index in [9.17, 15) is 22.8 Å². The number of anilines is 1. The van der Waals surface area contributed by atoms with Crippen molar-refractivity contribution in [3.63, 3.8) is 0 Å². The number of alkyl halides is 3. The van der Waals surface area contributed by atoms with E-state index < -0.39 is 35.9 Å². The van der Waals surface area contributed by atoms with E-state index in [1.165, 1.54) is 12.1 Å². The van der Waals surface area contributed by atoms with Gasteiger partial charge in [-0.15, -0.1) is 0 Å². The second-order valence-electron chi connectivity index (χ2n) is 5.14. The molecule has 1 aromatic carbocycles. The number of nitrogens with one attached hydrogen (secondary N) is 1. The standard InChI is InChI=1S/C16H13ClF3NO4/c1-8-5-11(9(2)25-8)15(23)24-7-14(22)21-13-4-3-10(17)6-12(13)16(18,19)20/h3-6H,7H2,1-2H3,(H,21,22). The first-order valence-electron chi connectivity index (χ1n) is 6.98. The van der Waals surface area contributed by atoms with Crippen LogP contribution in [0.3, 0.4) is 0 Å². The highest BCUT2D eigenvalue weighted by atomic mass is 35.5. The van der Waals surface area contributed by atoms with E-state index in [4.69, 9.17) is 20.8 Å². The summed E-state index contributed by atoms with van der Waals surface area (Å²) in [6, 6.07) is 4.36. The van der Waals surface area contributed by atoms with Crippen molar-refractivity contribution < 1.29 is 31.9 Å². The van der Waals surface area contributed by atoms with Crippen LogP contribution in [0.25, 0.3) is 0 Å². The zero-order valence-corrected chi connectivity index (χ0v) is 13.9. The number of benzene rings is 1. The van der Waals surface area contributed by atoms with Crippen molar-refractivity contribution in [2.45, 2.75) is 20.0 Å². The minimum Gasteiger partial charge on any atom is -0.466 e. The normalized spacial score (nSPS) is 11.3. The van der Waals surface area contributed by atoms with Crippen LogP contribution in [0.2, 0.25) is 5.02 Å². The van der Waals surface area contributed by atoms with E-state index in [0.29, 0.717) is 17.6 Å². The number of aryl methyl sites for hydroxylation is 2. The van der Waals surface area contributed by atoms with Gasteiger partial charge in [0.15, 0.2) is 6.61 Å². The molecule has 1 N–H and O–H groups in total. The molecule has 25 heavy (non-hydrogen) atoms. The Morgan fingerprint density at radius 2 is 1.92 bits per heavy atom. The van der Waals surface area contributed by atoms with Crippen molar-refractivity contribution in [1.29, 1.82) is 0 Å². The number of furan rings is 1. The molecule has 0 radical (unpaired) electrons. The van der Waals surface area contributed by atoms with Crippen LogP contribution >= 0.6 is 11.6 Å². The molecule has 9 heteroatoms. The van der Waals surface area contributed by atoms with Crippen LogP contribution in [0.4, 0.5) is 18.9 Å². The van der Waals surface area contributed by atoms with E-state index in [1.54, 1.807) is 13.8 Å². The number of hydrogen-bond donors (Lipinski definition) is 1. The quantitative estimate of drug-likeness (QED) is 0.806. The Bertz CT molecular complexity index is 814. The lowest BCUT2D eigenvalue weighted by atomic mass is 10.1. The van der Waals surface area contributed by atoms with Crippen molar-refractivity contribution in [1.82, 2.24) is 0 Å². The van der Waals surface area contributed by atoms with Gasteiger partial charge in [0.05, 0.1) is 11.3 Å². The number of rotatable bonds is 4. The summed E-state index contributed by atoms with van der Waals surface area (Å²) in [7, 11) is 0. The molecule has 0 atom stereocenters. The third-order valence-corrected chi connectivity index (χ3v) is 3.39. The van der Waals surface area contributed by atoms with Gasteiger partial charge in [-0.05, 0) is 38.1 Å². The Labute approximate surface area is 145 Å². The fourth-order valence-electron chi connectivity index (χ4n) is 2.09. The maximum atomic E-state index is 13.0. The van der Waals surface area contributed by atoms with Crippen LogP contribution in [0.1, 0.15) is 27.4 Å². The molecule has 134 valence electrons. The number of carbonyl (C=O) groups is 2. The summed E-state index contributed by atoms with van der Waals surface area (Å²) in [6.45, 7) is 2.44. The molecule has 2 aromatic rings. The van der Waals surface area contributed by atoms with Gasteiger partial charge >= 0.3 is 12.1 Å². The first-order valence-corrected chi connectivity index (χ1v) is 7.36. The van der Waals surface area contributed by atoms with Gasteiger partial charge < -0.3 is 14.5 Å². The van der Waals surface area contributed by atoms with Gasteiger partial charge in [-0.2, -0.15) is 13.2 Å². The minimum atomic E-state index is -4.70. The Morgan fingerprint density at radius 3 is 2.48 bits per heavy atom. The Kier molecular flexibility index (Phi) is 5.42. The van der Waals surface area contributed by atoms with Gasteiger partial charge in [-0.1, -0.05) is 11.6 Å². The number of ether oxygens (including phenoxy) is 1.